The molecule has 1 aliphatic rings. The molecule has 0 spiro atoms. The summed E-state index contributed by atoms with van der Waals surface area (Å²) in [6.07, 6.45) is 3.28. The van der Waals surface area contributed by atoms with Crippen molar-refractivity contribution in [1.29, 1.82) is 0 Å². The van der Waals surface area contributed by atoms with Crippen LogP contribution >= 0.6 is 23.2 Å². The largest absolute Gasteiger partial charge is 0.375 e. The van der Waals surface area contributed by atoms with Crippen molar-refractivity contribution in [3.05, 3.63) is 100 Å². The number of carbonyl (C=O) groups is 1. The van der Waals surface area contributed by atoms with Gasteiger partial charge in [-0.25, -0.2) is 0 Å². The van der Waals surface area contributed by atoms with Crippen molar-refractivity contribution < 1.29 is 4.79 Å². The maximum absolute atomic E-state index is 13.0. The second-order valence-electron chi connectivity index (χ2n) is 6.57. The smallest absolute Gasteiger partial charge is 0.251 e. The third-order valence-electron chi connectivity index (χ3n) is 4.73. The predicted molar refractivity (Wildman–Crippen MR) is 117 cm³/mol. The van der Waals surface area contributed by atoms with E-state index in [1.165, 1.54) is 0 Å². The molecule has 1 unspecified atom stereocenters. The molecule has 0 aliphatic carbocycles. The number of nitrogens with zero attached hydrogens (tertiary/aromatic N) is 1. The van der Waals surface area contributed by atoms with Crippen LogP contribution in [-0.4, -0.2) is 12.5 Å². The van der Waals surface area contributed by atoms with Crippen LogP contribution in [-0.2, 0) is 4.79 Å². The Morgan fingerprint density at radius 2 is 1.75 bits per heavy atom. The summed E-state index contributed by atoms with van der Waals surface area (Å²) in [6, 6.07) is 23.2. The molecule has 0 fully saturated rings. The molecule has 4 rings (SSSR count). The molecule has 3 aromatic rings. The van der Waals surface area contributed by atoms with Crippen molar-refractivity contribution in [3.8, 4) is 0 Å². The van der Waals surface area contributed by atoms with Crippen molar-refractivity contribution in [2.75, 3.05) is 16.8 Å². The number of fused-ring (bicyclic) bond motifs is 1. The van der Waals surface area contributed by atoms with E-state index < -0.39 is 0 Å². The average Bonchev–Trinajstić information content (AvgIpc) is 2.72. The Morgan fingerprint density at radius 3 is 2.54 bits per heavy atom. The summed E-state index contributed by atoms with van der Waals surface area (Å²) >= 11 is 12.2. The minimum atomic E-state index is -0.0964. The number of amides is 1. The fourth-order valence-corrected chi connectivity index (χ4v) is 3.79. The van der Waals surface area contributed by atoms with Gasteiger partial charge in [0, 0.05) is 16.1 Å². The van der Waals surface area contributed by atoms with Gasteiger partial charge in [-0.1, -0.05) is 71.7 Å². The highest BCUT2D eigenvalue weighted by atomic mass is 35.5. The predicted octanol–water partition coefficient (Wildman–Crippen LogP) is 6.21. The highest BCUT2D eigenvalue weighted by Crippen LogP contribution is 2.35. The monoisotopic (exact) mass is 408 g/mol. The topological polar surface area (TPSA) is 32.3 Å². The van der Waals surface area contributed by atoms with Gasteiger partial charge in [-0.15, -0.1) is 0 Å². The minimum Gasteiger partial charge on any atom is -0.375 e. The van der Waals surface area contributed by atoms with E-state index in [1.807, 2.05) is 42.5 Å². The summed E-state index contributed by atoms with van der Waals surface area (Å²) in [5, 5.41) is 4.61. The summed E-state index contributed by atoms with van der Waals surface area (Å²) in [5.74, 6) is -0.0964. The van der Waals surface area contributed by atoms with Crippen LogP contribution in [0, 0.1) is 0 Å². The van der Waals surface area contributed by atoms with E-state index in [2.05, 4.69) is 17.4 Å². The van der Waals surface area contributed by atoms with Crippen LogP contribution in [0.1, 0.15) is 17.2 Å². The van der Waals surface area contributed by atoms with E-state index in [0.29, 0.717) is 16.6 Å². The molecule has 3 nitrogen and oxygen atoms in total. The van der Waals surface area contributed by atoms with Crippen molar-refractivity contribution in [3.63, 3.8) is 0 Å². The lowest BCUT2D eigenvalue weighted by Crippen LogP contribution is -2.39. The maximum Gasteiger partial charge on any atom is 0.251 e. The number of anilines is 2. The van der Waals surface area contributed by atoms with Gasteiger partial charge < -0.3 is 10.2 Å². The van der Waals surface area contributed by atoms with E-state index >= 15 is 0 Å². The molecule has 1 heterocycles. The number of rotatable bonds is 3. The second-order valence-corrected chi connectivity index (χ2v) is 7.42. The summed E-state index contributed by atoms with van der Waals surface area (Å²) in [4.78, 5) is 14.8. The van der Waals surface area contributed by atoms with E-state index in [4.69, 9.17) is 23.2 Å². The summed E-state index contributed by atoms with van der Waals surface area (Å²) in [5.41, 5.74) is 3.70. The molecule has 0 saturated carbocycles. The van der Waals surface area contributed by atoms with Crippen LogP contribution in [0.2, 0.25) is 10.0 Å². The van der Waals surface area contributed by atoms with E-state index in [1.54, 1.807) is 35.3 Å². The van der Waals surface area contributed by atoms with Gasteiger partial charge in [0.2, 0.25) is 0 Å². The van der Waals surface area contributed by atoms with Gasteiger partial charge in [-0.3, -0.25) is 4.79 Å². The highest BCUT2D eigenvalue weighted by molar-refractivity contribution is 6.35. The number of halogens is 2. The molecule has 0 radical (unpaired) electrons. The van der Waals surface area contributed by atoms with Gasteiger partial charge in [-0.2, -0.15) is 0 Å². The zero-order valence-electron chi connectivity index (χ0n) is 15.0. The number of hydrogen-bond donors (Lipinski definition) is 1. The van der Waals surface area contributed by atoms with Crippen LogP contribution in [0.3, 0.4) is 0 Å². The average molecular weight is 409 g/mol. The van der Waals surface area contributed by atoms with Crippen LogP contribution in [0.4, 0.5) is 11.4 Å². The quantitative estimate of drug-likeness (QED) is 0.522. The zero-order valence-corrected chi connectivity index (χ0v) is 16.5. The molecule has 0 aromatic heterocycles. The van der Waals surface area contributed by atoms with Crippen LogP contribution in [0.25, 0.3) is 6.08 Å². The first-order valence-electron chi connectivity index (χ1n) is 8.97. The minimum absolute atomic E-state index is 0.0209. The molecule has 1 amide bonds. The molecule has 140 valence electrons. The lowest BCUT2D eigenvalue weighted by Gasteiger charge is -2.35. The molecular formula is C23H18Cl2N2O. The first-order chi connectivity index (χ1) is 13.6. The van der Waals surface area contributed by atoms with Crippen LogP contribution < -0.4 is 10.2 Å². The molecule has 0 saturated heterocycles. The van der Waals surface area contributed by atoms with Gasteiger partial charge in [0.1, 0.15) is 0 Å². The Kier molecular flexibility index (Phi) is 5.38. The van der Waals surface area contributed by atoms with Gasteiger partial charge in [0.05, 0.1) is 24.0 Å². The Balaban J connectivity index is 1.63. The first kappa shape index (κ1) is 18.6. The Bertz CT molecular complexity index is 1030. The first-order valence-corrected chi connectivity index (χ1v) is 9.72. The maximum atomic E-state index is 13.0. The molecule has 1 atom stereocenters. The lowest BCUT2D eigenvalue weighted by atomic mass is 10.0. The standard InChI is InChI=1S/C23H18Cl2N2O/c24-18-12-10-16(19(25)14-18)11-13-23(28)27-15-21(17-6-2-1-3-7-17)26-20-8-4-5-9-22(20)27/h1-14,21,26H,15H2/b13-11+. The van der Waals surface area contributed by atoms with Crippen molar-refractivity contribution in [2.45, 2.75) is 6.04 Å². The number of nitrogens with one attached hydrogen (secondary N) is 1. The normalized spacial score (nSPS) is 15.9. The SMILES string of the molecule is O=C(/C=C/c1ccc(Cl)cc1Cl)N1CC(c2ccccc2)Nc2ccccc21. The zero-order chi connectivity index (χ0) is 19.5. The van der Waals surface area contributed by atoms with Crippen molar-refractivity contribution in [1.82, 2.24) is 0 Å². The lowest BCUT2D eigenvalue weighted by molar-refractivity contribution is -0.114. The van der Waals surface area contributed by atoms with Crippen LogP contribution in [0.5, 0.6) is 0 Å². The van der Waals surface area contributed by atoms with Crippen molar-refractivity contribution >= 4 is 46.6 Å². The molecule has 0 bridgehead atoms. The third-order valence-corrected chi connectivity index (χ3v) is 5.29. The molecule has 28 heavy (non-hydrogen) atoms. The van der Waals surface area contributed by atoms with Gasteiger partial charge >= 0.3 is 0 Å². The molecular weight excluding hydrogens is 391 g/mol. The molecule has 5 heteroatoms. The number of carbonyl (C=O) groups excluding carboxylic acids is 1. The highest BCUT2D eigenvalue weighted by Gasteiger charge is 2.27. The summed E-state index contributed by atoms with van der Waals surface area (Å²) in [7, 11) is 0. The number of benzene rings is 3. The Hall–Kier alpha value is -2.75. The Morgan fingerprint density at radius 1 is 1.00 bits per heavy atom. The number of hydrogen-bond acceptors (Lipinski definition) is 2. The Labute approximate surface area is 174 Å². The van der Waals surface area contributed by atoms with E-state index in [0.717, 1.165) is 22.5 Å². The second kappa shape index (κ2) is 8.09. The summed E-state index contributed by atoms with van der Waals surface area (Å²) < 4.78 is 0. The fourth-order valence-electron chi connectivity index (χ4n) is 3.32. The third kappa shape index (κ3) is 3.91. The van der Waals surface area contributed by atoms with Crippen LogP contribution in [0.15, 0.2) is 78.9 Å². The van der Waals surface area contributed by atoms with Crippen molar-refractivity contribution in [2.24, 2.45) is 0 Å². The fraction of sp³-hybridized carbons (Fsp3) is 0.0870. The van der Waals surface area contributed by atoms with Gasteiger partial charge in [0.25, 0.3) is 5.91 Å². The molecule has 3 aromatic carbocycles. The summed E-state index contributed by atoms with van der Waals surface area (Å²) in [6.45, 7) is 0.540. The van der Waals surface area contributed by atoms with Gasteiger partial charge in [0.15, 0.2) is 0 Å². The number of para-hydroxylation sites is 2. The van der Waals surface area contributed by atoms with E-state index in [-0.39, 0.29) is 11.9 Å². The van der Waals surface area contributed by atoms with Gasteiger partial charge in [-0.05, 0) is 41.5 Å². The molecule has 1 N–H and O–H groups in total. The molecule has 1 aliphatic heterocycles. The van der Waals surface area contributed by atoms with E-state index in [9.17, 15) is 4.79 Å².